The van der Waals surface area contributed by atoms with Gasteiger partial charge in [-0.3, -0.25) is 4.79 Å². The Balaban J connectivity index is 1.98. The molecule has 1 aliphatic rings. The third-order valence-corrected chi connectivity index (χ3v) is 3.64. The molecular formula is C12H18ClN3O. The van der Waals surface area contributed by atoms with Gasteiger partial charge in [-0.25, -0.2) is 5.10 Å². The second kappa shape index (κ2) is 5.19. The highest BCUT2D eigenvalue weighted by Gasteiger charge is 2.24. The van der Waals surface area contributed by atoms with Crippen molar-refractivity contribution in [3.63, 3.8) is 0 Å². The largest absolute Gasteiger partial charge is 0.301 e. The number of H-pyrrole nitrogens is 1. The van der Waals surface area contributed by atoms with Crippen LogP contribution in [0.25, 0.3) is 0 Å². The second-order valence-corrected chi connectivity index (χ2v) is 5.39. The lowest BCUT2D eigenvalue weighted by molar-refractivity contribution is 0.264. The Kier molecular flexibility index (Phi) is 3.84. The van der Waals surface area contributed by atoms with E-state index in [0.717, 1.165) is 25.2 Å². The summed E-state index contributed by atoms with van der Waals surface area (Å²) in [5.74, 6) is 0.617. The Hall–Kier alpha value is -0.870. The van der Waals surface area contributed by atoms with E-state index in [1.54, 1.807) is 6.07 Å². The molecule has 0 aromatic carbocycles. The first-order chi connectivity index (χ1) is 8.06. The molecule has 1 fully saturated rings. The van der Waals surface area contributed by atoms with E-state index in [1.807, 2.05) is 0 Å². The van der Waals surface area contributed by atoms with Crippen molar-refractivity contribution in [2.45, 2.75) is 32.7 Å². The first-order valence-electron chi connectivity index (χ1n) is 6.04. The van der Waals surface area contributed by atoms with Gasteiger partial charge in [-0.1, -0.05) is 11.6 Å². The molecule has 0 spiro atoms. The maximum Gasteiger partial charge on any atom is 0.282 e. The molecule has 1 saturated heterocycles. The zero-order chi connectivity index (χ0) is 12.4. The summed E-state index contributed by atoms with van der Waals surface area (Å²) in [6.45, 7) is 6.70. The van der Waals surface area contributed by atoms with Crippen LogP contribution in [0.2, 0.25) is 5.02 Å². The molecule has 94 valence electrons. The van der Waals surface area contributed by atoms with Gasteiger partial charge in [0, 0.05) is 12.6 Å². The van der Waals surface area contributed by atoms with Crippen LogP contribution in [-0.2, 0) is 6.42 Å². The Morgan fingerprint density at radius 1 is 1.65 bits per heavy atom. The van der Waals surface area contributed by atoms with Crippen molar-refractivity contribution in [2.75, 3.05) is 13.1 Å². The Morgan fingerprint density at radius 3 is 3.00 bits per heavy atom. The van der Waals surface area contributed by atoms with Gasteiger partial charge in [0.1, 0.15) is 5.02 Å². The molecule has 2 rings (SSSR count). The molecule has 1 aliphatic heterocycles. The van der Waals surface area contributed by atoms with E-state index in [9.17, 15) is 4.79 Å². The number of nitrogens with one attached hydrogen (secondary N) is 1. The molecule has 1 aromatic rings. The third-order valence-electron chi connectivity index (χ3n) is 3.36. The number of hydrogen-bond donors (Lipinski definition) is 1. The average molecular weight is 256 g/mol. The van der Waals surface area contributed by atoms with Crippen molar-refractivity contribution in [2.24, 2.45) is 5.92 Å². The number of nitrogens with zero attached hydrogens (tertiary/aromatic N) is 2. The minimum Gasteiger partial charge on any atom is -0.301 e. The molecule has 0 aliphatic carbocycles. The molecule has 0 saturated carbocycles. The molecule has 5 heteroatoms. The van der Waals surface area contributed by atoms with Crippen LogP contribution in [0.15, 0.2) is 10.9 Å². The fourth-order valence-electron chi connectivity index (χ4n) is 2.32. The quantitative estimate of drug-likeness (QED) is 0.894. The van der Waals surface area contributed by atoms with Crippen LogP contribution in [0.1, 0.15) is 26.0 Å². The zero-order valence-electron chi connectivity index (χ0n) is 10.2. The van der Waals surface area contributed by atoms with E-state index < -0.39 is 0 Å². The van der Waals surface area contributed by atoms with Gasteiger partial charge in [-0.05, 0) is 45.2 Å². The Bertz CT molecular complexity index is 444. The predicted molar refractivity (Wildman–Crippen MR) is 68.4 cm³/mol. The molecule has 4 nitrogen and oxygen atoms in total. The van der Waals surface area contributed by atoms with E-state index in [0.29, 0.717) is 12.0 Å². The molecular weight excluding hydrogens is 238 g/mol. The van der Waals surface area contributed by atoms with Crippen LogP contribution in [0.3, 0.4) is 0 Å². The SMILES string of the molecule is CC(C)N1CCC(Cc2cc(Cl)c(=O)[nH]n2)C1. The second-order valence-electron chi connectivity index (χ2n) is 4.98. The summed E-state index contributed by atoms with van der Waals surface area (Å²) in [6, 6.07) is 2.28. The van der Waals surface area contributed by atoms with Crippen LogP contribution in [0.5, 0.6) is 0 Å². The minimum atomic E-state index is -0.314. The molecule has 1 N–H and O–H groups in total. The standard InChI is InChI=1S/C12H18ClN3O/c1-8(2)16-4-3-9(7-16)5-10-6-11(13)12(17)15-14-10/h6,8-9H,3-5,7H2,1-2H3,(H,15,17). The van der Waals surface area contributed by atoms with Crippen molar-refractivity contribution in [1.82, 2.24) is 15.1 Å². The van der Waals surface area contributed by atoms with Gasteiger partial charge in [-0.2, -0.15) is 5.10 Å². The van der Waals surface area contributed by atoms with Gasteiger partial charge in [-0.15, -0.1) is 0 Å². The highest BCUT2D eigenvalue weighted by Crippen LogP contribution is 2.21. The van der Waals surface area contributed by atoms with Crippen molar-refractivity contribution in [1.29, 1.82) is 0 Å². The topological polar surface area (TPSA) is 49.0 Å². The Labute approximate surface area is 106 Å². The summed E-state index contributed by atoms with van der Waals surface area (Å²) in [4.78, 5) is 13.6. The molecule has 1 atom stereocenters. The molecule has 17 heavy (non-hydrogen) atoms. The van der Waals surface area contributed by atoms with Crippen molar-refractivity contribution in [3.05, 3.63) is 27.1 Å². The van der Waals surface area contributed by atoms with Gasteiger partial charge in [0.05, 0.1) is 5.69 Å². The fourth-order valence-corrected chi connectivity index (χ4v) is 2.49. The summed E-state index contributed by atoms with van der Waals surface area (Å²) in [5.41, 5.74) is 0.566. The first-order valence-corrected chi connectivity index (χ1v) is 6.42. The van der Waals surface area contributed by atoms with Gasteiger partial charge < -0.3 is 4.90 Å². The average Bonchev–Trinajstić information content (AvgIpc) is 2.72. The van der Waals surface area contributed by atoms with E-state index in [-0.39, 0.29) is 10.6 Å². The molecule has 2 heterocycles. The number of aromatic nitrogens is 2. The highest BCUT2D eigenvalue weighted by atomic mass is 35.5. The van der Waals surface area contributed by atoms with Gasteiger partial charge in [0.2, 0.25) is 0 Å². The van der Waals surface area contributed by atoms with Crippen molar-refractivity contribution in [3.8, 4) is 0 Å². The van der Waals surface area contributed by atoms with Gasteiger partial charge in [0.15, 0.2) is 0 Å². The van der Waals surface area contributed by atoms with Crippen LogP contribution in [0, 0.1) is 5.92 Å². The molecule has 0 radical (unpaired) electrons. The fraction of sp³-hybridized carbons (Fsp3) is 0.667. The maximum atomic E-state index is 11.1. The van der Waals surface area contributed by atoms with Gasteiger partial charge >= 0.3 is 0 Å². The number of aromatic amines is 1. The lowest BCUT2D eigenvalue weighted by Crippen LogP contribution is -2.28. The highest BCUT2D eigenvalue weighted by molar-refractivity contribution is 6.30. The normalized spacial score (nSPS) is 21.3. The predicted octanol–water partition coefficient (Wildman–Crippen LogP) is 1.70. The van der Waals surface area contributed by atoms with Crippen molar-refractivity contribution >= 4 is 11.6 Å². The van der Waals surface area contributed by atoms with Crippen LogP contribution >= 0.6 is 11.6 Å². The summed E-state index contributed by atoms with van der Waals surface area (Å²) >= 11 is 5.78. The van der Waals surface area contributed by atoms with E-state index in [1.165, 1.54) is 6.42 Å². The summed E-state index contributed by atoms with van der Waals surface area (Å²) < 4.78 is 0. The third kappa shape index (κ3) is 3.07. The van der Waals surface area contributed by atoms with Gasteiger partial charge in [0.25, 0.3) is 5.56 Å². The van der Waals surface area contributed by atoms with Crippen LogP contribution in [0.4, 0.5) is 0 Å². The molecule has 0 bridgehead atoms. The molecule has 1 unspecified atom stereocenters. The number of hydrogen-bond acceptors (Lipinski definition) is 3. The molecule has 1 aromatic heterocycles. The molecule has 0 amide bonds. The van der Waals surface area contributed by atoms with E-state index >= 15 is 0 Å². The monoisotopic (exact) mass is 255 g/mol. The van der Waals surface area contributed by atoms with Crippen molar-refractivity contribution < 1.29 is 0 Å². The van der Waals surface area contributed by atoms with E-state index in [2.05, 4.69) is 28.9 Å². The Morgan fingerprint density at radius 2 is 2.41 bits per heavy atom. The lowest BCUT2D eigenvalue weighted by atomic mass is 10.0. The van der Waals surface area contributed by atoms with Crippen LogP contribution in [-0.4, -0.2) is 34.2 Å². The number of rotatable bonds is 3. The van der Waals surface area contributed by atoms with E-state index in [4.69, 9.17) is 11.6 Å². The smallest absolute Gasteiger partial charge is 0.282 e. The summed E-state index contributed by atoms with van der Waals surface area (Å²) in [7, 11) is 0. The zero-order valence-corrected chi connectivity index (χ0v) is 11.0. The maximum absolute atomic E-state index is 11.1. The lowest BCUT2D eigenvalue weighted by Gasteiger charge is -2.20. The number of likely N-dealkylation sites (tertiary alicyclic amines) is 1. The number of halogens is 1. The minimum absolute atomic E-state index is 0.230. The summed E-state index contributed by atoms with van der Waals surface area (Å²) in [5, 5.41) is 6.69. The first kappa shape index (κ1) is 12.6. The van der Waals surface area contributed by atoms with Crippen LogP contribution < -0.4 is 5.56 Å². The summed E-state index contributed by atoms with van der Waals surface area (Å²) in [6.07, 6.45) is 2.08.